The van der Waals surface area contributed by atoms with Gasteiger partial charge >= 0.3 is 0 Å². The van der Waals surface area contributed by atoms with Crippen molar-refractivity contribution in [2.75, 3.05) is 0 Å². The molecule has 3 heteroatoms. The lowest BCUT2D eigenvalue weighted by molar-refractivity contribution is 0.0982. The summed E-state index contributed by atoms with van der Waals surface area (Å²) in [5, 5.41) is 9.32. The third kappa shape index (κ3) is 3.22. The maximum Gasteiger partial charge on any atom is 0.128 e. The van der Waals surface area contributed by atoms with Gasteiger partial charge in [-0.05, 0) is 38.0 Å². The molecule has 18 heavy (non-hydrogen) atoms. The van der Waals surface area contributed by atoms with E-state index >= 15 is 0 Å². The summed E-state index contributed by atoms with van der Waals surface area (Å²) < 4.78 is 6.10. The van der Waals surface area contributed by atoms with Gasteiger partial charge < -0.3 is 9.84 Å². The van der Waals surface area contributed by atoms with Gasteiger partial charge in [0, 0.05) is 23.5 Å². The molecule has 1 fully saturated rings. The number of pyridine rings is 1. The van der Waals surface area contributed by atoms with Crippen molar-refractivity contribution in [2.24, 2.45) is 11.8 Å². The van der Waals surface area contributed by atoms with Gasteiger partial charge in [-0.25, -0.2) is 0 Å². The van der Waals surface area contributed by atoms with Crippen molar-refractivity contribution in [1.29, 1.82) is 0 Å². The summed E-state index contributed by atoms with van der Waals surface area (Å²) in [4.78, 5) is 4.19. The van der Waals surface area contributed by atoms with Crippen LogP contribution in [0.25, 0.3) is 0 Å². The number of rotatable bonds is 3. The summed E-state index contributed by atoms with van der Waals surface area (Å²) in [6, 6.07) is 1.93. The highest BCUT2D eigenvalue weighted by molar-refractivity contribution is 5.32. The summed E-state index contributed by atoms with van der Waals surface area (Å²) in [7, 11) is 0. The normalized spacial score (nSPS) is 28.1. The molecular weight excluding hydrogens is 226 g/mol. The lowest BCUT2D eigenvalue weighted by Crippen LogP contribution is -2.28. The first kappa shape index (κ1) is 13.3. The molecular formula is C15H23NO2. The van der Waals surface area contributed by atoms with Crippen LogP contribution < -0.4 is 4.74 Å². The Balaban J connectivity index is 2.10. The Hall–Kier alpha value is -1.09. The van der Waals surface area contributed by atoms with Gasteiger partial charge in [-0.3, -0.25) is 4.98 Å². The fourth-order valence-electron chi connectivity index (χ4n) is 2.94. The van der Waals surface area contributed by atoms with Gasteiger partial charge in [0.05, 0.1) is 12.7 Å². The Morgan fingerprint density at radius 1 is 1.28 bits per heavy atom. The van der Waals surface area contributed by atoms with Crippen LogP contribution in [0.1, 0.15) is 44.4 Å². The molecule has 0 spiro atoms. The van der Waals surface area contributed by atoms with E-state index in [4.69, 9.17) is 4.74 Å². The smallest absolute Gasteiger partial charge is 0.128 e. The van der Waals surface area contributed by atoms with Crippen molar-refractivity contribution in [2.45, 2.75) is 52.7 Å². The first-order valence-corrected chi connectivity index (χ1v) is 6.81. The molecule has 0 radical (unpaired) electrons. The number of ether oxygens (including phenoxy) is 1. The fraction of sp³-hybridized carbons (Fsp3) is 0.667. The van der Waals surface area contributed by atoms with Gasteiger partial charge in [0.1, 0.15) is 5.75 Å². The summed E-state index contributed by atoms with van der Waals surface area (Å²) in [6.45, 7) is 6.51. The lowest BCUT2D eigenvalue weighted by Gasteiger charge is -2.32. The van der Waals surface area contributed by atoms with Crippen molar-refractivity contribution >= 4 is 0 Å². The number of aromatic nitrogens is 1. The Morgan fingerprint density at radius 3 is 2.56 bits per heavy atom. The van der Waals surface area contributed by atoms with E-state index in [1.165, 1.54) is 6.42 Å². The van der Waals surface area contributed by atoms with E-state index in [2.05, 4.69) is 18.8 Å². The number of aliphatic hydroxyl groups is 1. The number of aryl methyl sites for hydroxylation is 1. The molecule has 100 valence electrons. The zero-order valence-electron chi connectivity index (χ0n) is 11.5. The van der Waals surface area contributed by atoms with Gasteiger partial charge in [0.25, 0.3) is 0 Å². The molecule has 0 amide bonds. The van der Waals surface area contributed by atoms with Crippen LogP contribution in [0.15, 0.2) is 12.3 Å². The van der Waals surface area contributed by atoms with Crippen molar-refractivity contribution in [3.63, 3.8) is 0 Å². The fourth-order valence-corrected chi connectivity index (χ4v) is 2.94. The van der Waals surface area contributed by atoms with E-state index in [0.717, 1.165) is 41.7 Å². The molecule has 1 aromatic heterocycles. The number of nitrogens with zero attached hydrogens (tertiary/aromatic N) is 1. The molecule has 2 rings (SSSR count). The largest absolute Gasteiger partial charge is 0.490 e. The first-order chi connectivity index (χ1) is 8.58. The van der Waals surface area contributed by atoms with Crippen LogP contribution in [0.3, 0.4) is 0 Å². The van der Waals surface area contributed by atoms with E-state index < -0.39 is 0 Å². The Kier molecular flexibility index (Phi) is 4.23. The second-order valence-corrected chi connectivity index (χ2v) is 5.75. The van der Waals surface area contributed by atoms with E-state index in [-0.39, 0.29) is 12.7 Å². The van der Waals surface area contributed by atoms with Gasteiger partial charge in [-0.15, -0.1) is 0 Å². The van der Waals surface area contributed by atoms with Gasteiger partial charge in [-0.2, -0.15) is 0 Å². The highest BCUT2D eigenvalue weighted by Crippen LogP contribution is 2.32. The highest BCUT2D eigenvalue weighted by Gasteiger charge is 2.25. The summed E-state index contributed by atoms with van der Waals surface area (Å²) >= 11 is 0. The third-order valence-corrected chi connectivity index (χ3v) is 3.68. The van der Waals surface area contributed by atoms with Crippen LogP contribution in [0.4, 0.5) is 0 Å². The molecule has 1 aliphatic rings. The average molecular weight is 249 g/mol. The quantitative estimate of drug-likeness (QED) is 0.895. The molecule has 2 unspecified atom stereocenters. The minimum atomic E-state index is -0.0135. The second-order valence-electron chi connectivity index (χ2n) is 5.75. The zero-order valence-corrected chi connectivity index (χ0v) is 11.5. The summed E-state index contributed by atoms with van der Waals surface area (Å²) in [6.07, 6.45) is 5.49. The molecule has 0 aromatic carbocycles. The Bertz CT molecular complexity index is 395. The minimum absolute atomic E-state index is 0.0135. The maximum atomic E-state index is 9.32. The SMILES string of the molecule is Cc1cc(OC2CC(C)CC(C)C2)c(CO)cn1. The van der Waals surface area contributed by atoms with Crippen LogP contribution in [0, 0.1) is 18.8 Å². The van der Waals surface area contributed by atoms with E-state index in [9.17, 15) is 5.11 Å². The standard InChI is InChI=1S/C15H23NO2/c1-10-4-11(2)6-14(5-10)18-15-7-12(3)16-8-13(15)9-17/h7-8,10-11,14,17H,4-6,9H2,1-3H3. The van der Waals surface area contributed by atoms with Gasteiger partial charge in [-0.1, -0.05) is 13.8 Å². The monoisotopic (exact) mass is 249 g/mol. The number of hydrogen-bond donors (Lipinski definition) is 1. The molecule has 3 nitrogen and oxygen atoms in total. The molecule has 0 saturated heterocycles. The van der Waals surface area contributed by atoms with E-state index in [1.807, 2.05) is 13.0 Å². The van der Waals surface area contributed by atoms with Crippen molar-refractivity contribution in [1.82, 2.24) is 4.98 Å². The van der Waals surface area contributed by atoms with Gasteiger partial charge in [0.15, 0.2) is 0 Å². The molecule has 1 aliphatic carbocycles. The Morgan fingerprint density at radius 2 is 1.94 bits per heavy atom. The molecule has 1 heterocycles. The lowest BCUT2D eigenvalue weighted by atomic mass is 9.82. The molecule has 1 saturated carbocycles. The average Bonchev–Trinajstić information content (AvgIpc) is 2.27. The van der Waals surface area contributed by atoms with Gasteiger partial charge in [0.2, 0.25) is 0 Å². The predicted molar refractivity (Wildman–Crippen MR) is 71.5 cm³/mol. The molecule has 0 aliphatic heterocycles. The molecule has 1 N–H and O–H groups in total. The summed E-state index contributed by atoms with van der Waals surface area (Å²) in [5.41, 5.74) is 1.71. The first-order valence-electron chi connectivity index (χ1n) is 6.81. The molecule has 0 bridgehead atoms. The predicted octanol–water partition coefficient (Wildman–Crippen LogP) is 3.09. The van der Waals surface area contributed by atoms with Crippen molar-refractivity contribution in [3.8, 4) is 5.75 Å². The van der Waals surface area contributed by atoms with Crippen molar-refractivity contribution < 1.29 is 9.84 Å². The third-order valence-electron chi connectivity index (χ3n) is 3.68. The van der Waals surface area contributed by atoms with Crippen LogP contribution in [-0.2, 0) is 6.61 Å². The van der Waals surface area contributed by atoms with Crippen LogP contribution in [-0.4, -0.2) is 16.2 Å². The van der Waals surface area contributed by atoms with E-state index in [1.54, 1.807) is 6.20 Å². The molecule has 1 aromatic rings. The van der Waals surface area contributed by atoms with Crippen molar-refractivity contribution in [3.05, 3.63) is 23.5 Å². The molecule has 2 atom stereocenters. The van der Waals surface area contributed by atoms with E-state index in [0.29, 0.717) is 0 Å². The number of hydrogen-bond acceptors (Lipinski definition) is 3. The highest BCUT2D eigenvalue weighted by atomic mass is 16.5. The number of aliphatic hydroxyl groups excluding tert-OH is 1. The van der Waals surface area contributed by atoms with Crippen LogP contribution in [0.5, 0.6) is 5.75 Å². The topological polar surface area (TPSA) is 42.4 Å². The van der Waals surface area contributed by atoms with Crippen LogP contribution >= 0.6 is 0 Å². The second kappa shape index (κ2) is 5.70. The Labute approximate surface area is 109 Å². The summed E-state index contributed by atoms with van der Waals surface area (Å²) in [5.74, 6) is 2.25. The minimum Gasteiger partial charge on any atom is -0.490 e. The maximum absolute atomic E-state index is 9.32. The zero-order chi connectivity index (χ0) is 13.1. The van der Waals surface area contributed by atoms with Crippen LogP contribution in [0.2, 0.25) is 0 Å².